The summed E-state index contributed by atoms with van der Waals surface area (Å²) in [6.07, 6.45) is 4.57. The fourth-order valence-corrected chi connectivity index (χ4v) is 2.93. The van der Waals surface area contributed by atoms with E-state index in [1.54, 1.807) is 6.07 Å². The normalized spacial score (nSPS) is 17.8. The fraction of sp³-hybridized carbons (Fsp3) is 0.545. The van der Waals surface area contributed by atoms with Gasteiger partial charge in [-0.2, -0.15) is 5.26 Å². The maximum Gasteiger partial charge on any atom is 0.324 e. The monoisotopic (exact) mass is 251 g/mol. The average Bonchev–Trinajstić information content (AvgIpc) is 2.96. The van der Waals surface area contributed by atoms with Crippen LogP contribution in [0.1, 0.15) is 36.6 Å². The summed E-state index contributed by atoms with van der Waals surface area (Å²) >= 11 is 1.07. The molecular weight excluding hydrogens is 238 g/mol. The van der Waals surface area contributed by atoms with Gasteiger partial charge in [-0.15, -0.1) is 0 Å². The molecule has 1 saturated carbocycles. The summed E-state index contributed by atoms with van der Waals surface area (Å²) in [6, 6.07) is 5.25. The minimum Gasteiger partial charge on any atom is -0.295 e. The molecule has 1 unspecified atom stereocenters. The lowest BCUT2D eigenvalue weighted by molar-refractivity contribution is -0.380. The van der Waals surface area contributed by atoms with E-state index < -0.39 is 11.0 Å². The van der Waals surface area contributed by atoms with Crippen LogP contribution in [0.25, 0.3) is 0 Å². The Balaban J connectivity index is 2.06. The fourth-order valence-electron chi connectivity index (χ4n) is 2.11. The Hall–Kier alpha value is -1.45. The van der Waals surface area contributed by atoms with E-state index in [4.69, 9.17) is 5.26 Å². The smallest absolute Gasteiger partial charge is 0.295 e. The number of hydrogen-bond acceptors (Lipinski definition) is 5. The lowest BCUT2D eigenvalue weighted by Crippen LogP contribution is -2.29. The summed E-state index contributed by atoms with van der Waals surface area (Å²) < 4.78 is 0. The van der Waals surface area contributed by atoms with Gasteiger partial charge < -0.3 is 0 Å². The molecule has 5 nitrogen and oxygen atoms in total. The maximum atomic E-state index is 10.6. The summed E-state index contributed by atoms with van der Waals surface area (Å²) in [6.45, 7) is 0. The zero-order valence-electron chi connectivity index (χ0n) is 9.26. The highest BCUT2D eigenvalue weighted by molar-refractivity contribution is 7.15. The molecule has 0 saturated heterocycles. The van der Waals surface area contributed by atoms with Gasteiger partial charge in [-0.25, -0.2) is 0 Å². The zero-order valence-corrected chi connectivity index (χ0v) is 10.1. The molecule has 2 rings (SSSR count). The van der Waals surface area contributed by atoms with Gasteiger partial charge in [0, 0.05) is 17.0 Å². The molecule has 17 heavy (non-hydrogen) atoms. The van der Waals surface area contributed by atoms with Crippen LogP contribution in [0.5, 0.6) is 0 Å². The molecule has 90 valence electrons. The Morgan fingerprint density at radius 3 is 2.76 bits per heavy atom. The summed E-state index contributed by atoms with van der Waals surface area (Å²) in [5.74, 6) is 0. The molecule has 1 fully saturated rings. The molecule has 1 heterocycles. The highest BCUT2D eigenvalue weighted by Gasteiger charge is 2.22. The minimum absolute atomic E-state index is 0.0912. The molecule has 0 aliphatic heterocycles. The van der Waals surface area contributed by atoms with Crippen molar-refractivity contribution in [2.24, 2.45) is 0 Å². The van der Waals surface area contributed by atoms with E-state index in [0.717, 1.165) is 29.1 Å². The Bertz CT molecular complexity index is 446. The molecule has 0 spiro atoms. The molecule has 1 aromatic heterocycles. The van der Waals surface area contributed by atoms with Crippen LogP contribution in [0.2, 0.25) is 0 Å². The molecule has 1 atom stereocenters. The molecule has 1 N–H and O–H groups in total. The number of hydrogen-bond donors (Lipinski definition) is 1. The quantitative estimate of drug-likeness (QED) is 0.659. The van der Waals surface area contributed by atoms with Crippen molar-refractivity contribution in [1.82, 2.24) is 5.32 Å². The second kappa shape index (κ2) is 5.25. The Labute approximate surface area is 103 Å². The number of nitrogens with zero attached hydrogens (tertiary/aromatic N) is 2. The van der Waals surface area contributed by atoms with Gasteiger partial charge in [-0.05, 0) is 18.9 Å². The van der Waals surface area contributed by atoms with Crippen molar-refractivity contribution >= 4 is 16.3 Å². The highest BCUT2D eigenvalue weighted by Crippen LogP contribution is 2.30. The summed E-state index contributed by atoms with van der Waals surface area (Å²) in [7, 11) is 0. The summed E-state index contributed by atoms with van der Waals surface area (Å²) in [5.41, 5.74) is 0. The van der Waals surface area contributed by atoms with E-state index in [-0.39, 0.29) is 5.00 Å². The number of nitro groups is 1. The van der Waals surface area contributed by atoms with Gasteiger partial charge in [-0.3, -0.25) is 15.4 Å². The average molecular weight is 251 g/mol. The van der Waals surface area contributed by atoms with Crippen LogP contribution in [0.15, 0.2) is 12.1 Å². The lowest BCUT2D eigenvalue weighted by atomic mass is 10.2. The predicted octanol–water partition coefficient (Wildman–Crippen LogP) is 2.75. The zero-order chi connectivity index (χ0) is 12.3. The van der Waals surface area contributed by atoms with Gasteiger partial charge in [-0.1, -0.05) is 24.2 Å². The molecule has 0 aromatic carbocycles. The van der Waals surface area contributed by atoms with Crippen molar-refractivity contribution in [3.63, 3.8) is 0 Å². The topological polar surface area (TPSA) is 79.0 Å². The number of nitrogens with one attached hydrogen (secondary N) is 1. The second-order valence-electron chi connectivity index (χ2n) is 4.14. The SMILES string of the molecule is N#CC(NC1CCCC1)c1ccc([N+](=O)[O-])s1. The highest BCUT2D eigenvalue weighted by atomic mass is 32.1. The van der Waals surface area contributed by atoms with E-state index in [0.29, 0.717) is 6.04 Å². The molecular formula is C11H13N3O2S. The van der Waals surface area contributed by atoms with Crippen LogP contribution in [0.4, 0.5) is 5.00 Å². The van der Waals surface area contributed by atoms with Gasteiger partial charge in [0.15, 0.2) is 0 Å². The molecule has 1 aromatic rings. The Morgan fingerprint density at radius 1 is 1.53 bits per heavy atom. The predicted molar refractivity (Wildman–Crippen MR) is 64.7 cm³/mol. The van der Waals surface area contributed by atoms with Crippen LogP contribution < -0.4 is 5.32 Å². The lowest BCUT2D eigenvalue weighted by Gasteiger charge is -2.15. The molecule has 0 radical (unpaired) electrons. The van der Waals surface area contributed by atoms with Crippen molar-refractivity contribution in [2.75, 3.05) is 0 Å². The molecule has 1 aliphatic carbocycles. The van der Waals surface area contributed by atoms with Crippen LogP contribution >= 0.6 is 11.3 Å². The Morgan fingerprint density at radius 2 is 2.24 bits per heavy atom. The number of thiophene rings is 1. The van der Waals surface area contributed by atoms with E-state index >= 15 is 0 Å². The summed E-state index contributed by atoms with van der Waals surface area (Å²) in [4.78, 5) is 10.9. The number of nitriles is 1. The van der Waals surface area contributed by atoms with Gasteiger partial charge in [0.2, 0.25) is 0 Å². The molecule has 0 bridgehead atoms. The van der Waals surface area contributed by atoms with E-state index in [9.17, 15) is 10.1 Å². The standard InChI is InChI=1S/C11H13N3O2S/c12-7-9(13-8-3-1-2-4-8)10-5-6-11(17-10)14(15)16/h5-6,8-9,13H,1-4H2. The van der Waals surface area contributed by atoms with Gasteiger partial charge in [0.05, 0.1) is 11.0 Å². The summed E-state index contributed by atoms with van der Waals surface area (Å²) in [5, 5.41) is 23.0. The third kappa shape index (κ3) is 2.81. The Kier molecular flexibility index (Phi) is 3.71. The third-order valence-electron chi connectivity index (χ3n) is 2.96. The van der Waals surface area contributed by atoms with E-state index in [1.807, 2.05) is 0 Å². The first-order valence-electron chi connectivity index (χ1n) is 5.60. The van der Waals surface area contributed by atoms with Crippen molar-refractivity contribution in [3.05, 3.63) is 27.1 Å². The first-order valence-corrected chi connectivity index (χ1v) is 6.42. The van der Waals surface area contributed by atoms with Gasteiger partial charge in [0.1, 0.15) is 6.04 Å². The maximum absolute atomic E-state index is 10.6. The van der Waals surface area contributed by atoms with Crippen LogP contribution in [-0.2, 0) is 0 Å². The molecule has 6 heteroatoms. The molecule has 0 amide bonds. The van der Waals surface area contributed by atoms with Gasteiger partial charge in [0.25, 0.3) is 0 Å². The van der Waals surface area contributed by atoms with E-state index in [2.05, 4.69) is 11.4 Å². The van der Waals surface area contributed by atoms with Crippen LogP contribution in [0, 0.1) is 21.4 Å². The van der Waals surface area contributed by atoms with Crippen LogP contribution in [0.3, 0.4) is 0 Å². The first-order chi connectivity index (χ1) is 8.20. The van der Waals surface area contributed by atoms with Crippen molar-refractivity contribution in [1.29, 1.82) is 5.26 Å². The minimum atomic E-state index is -0.420. The van der Waals surface area contributed by atoms with Crippen molar-refractivity contribution in [3.8, 4) is 6.07 Å². The van der Waals surface area contributed by atoms with Gasteiger partial charge >= 0.3 is 5.00 Å². The molecule has 1 aliphatic rings. The van der Waals surface area contributed by atoms with E-state index in [1.165, 1.54) is 18.9 Å². The van der Waals surface area contributed by atoms with Crippen LogP contribution in [-0.4, -0.2) is 11.0 Å². The largest absolute Gasteiger partial charge is 0.324 e. The first kappa shape index (κ1) is 12.0. The van der Waals surface area contributed by atoms with Crippen molar-refractivity contribution in [2.45, 2.75) is 37.8 Å². The number of rotatable bonds is 4. The third-order valence-corrected chi connectivity index (χ3v) is 4.07. The van der Waals surface area contributed by atoms with Crippen molar-refractivity contribution < 1.29 is 4.92 Å². The second-order valence-corrected chi connectivity index (χ2v) is 5.24.